The van der Waals surface area contributed by atoms with Gasteiger partial charge in [0.1, 0.15) is 0 Å². The first-order chi connectivity index (χ1) is 8.86. The molecule has 2 aromatic rings. The van der Waals surface area contributed by atoms with Crippen molar-refractivity contribution in [1.29, 1.82) is 0 Å². The van der Waals surface area contributed by atoms with E-state index in [2.05, 4.69) is 15.9 Å². The van der Waals surface area contributed by atoms with Gasteiger partial charge in [-0.1, -0.05) is 27.7 Å². The van der Waals surface area contributed by atoms with Gasteiger partial charge in [0.25, 0.3) is 0 Å². The molecule has 0 saturated heterocycles. The van der Waals surface area contributed by atoms with Gasteiger partial charge in [0, 0.05) is 20.0 Å². The monoisotopic (exact) mass is 347 g/mol. The van der Waals surface area contributed by atoms with Gasteiger partial charge in [-0.2, -0.15) is 13.2 Å². The average Bonchev–Trinajstić information content (AvgIpc) is 2.33. The molecule has 6 heteroatoms. The number of benzene rings is 2. The molecule has 2 N–H and O–H groups in total. The van der Waals surface area contributed by atoms with Gasteiger partial charge in [0.05, 0.1) is 5.56 Å². The molecule has 0 radical (unpaired) electrons. The predicted octanol–water partition coefficient (Wildman–Crippen LogP) is 5.20. The van der Waals surface area contributed by atoms with Gasteiger partial charge in [-0.25, -0.2) is 0 Å². The van der Waals surface area contributed by atoms with Gasteiger partial charge in [0.2, 0.25) is 0 Å². The summed E-state index contributed by atoms with van der Waals surface area (Å²) < 4.78 is 38.5. The van der Waals surface area contributed by atoms with Gasteiger partial charge in [-0.15, -0.1) is 0 Å². The van der Waals surface area contributed by atoms with Crippen LogP contribution in [-0.2, 0) is 6.18 Å². The molecule has 2 rings (SSSR count). The Kier molecular flexibility index (Phi) is 4.10. The Hall–Kier alpha value is -1.14. The van der Waals surface area contributed by atoms with Crippen LogP contribution in [-0.4, -0.2) is 0 Å². The van der Waals surface area contributed by atoms with Crippen LogP contribution in [0.3, 0.4) is 0 Å². The third-order valence-electron chi connectivity index (χ3n) is 2.38. The van der Waals surface area contributed by atoms with Crippen molar-refractivity contribution >= 4 is 33.4 Å². The third-order valence-corrected chi connectivity index (χ3v) is 4.01. The number of halogens is 4. The average molecular weight is 348 g/mol. The van der Waals surface area contributed by atoms with Crippen LogP contribution >= 0.6 is 27.7 Å². The van der Waals surface area contributed by atoms with E-state index in [0.717, 1.165) is 21.5 Å². The molecule has 1 nitrogen and oxygen atoms in total. The summed E-state index contributed by atoms with van der Waals surface area (Å²) in [5.41, 5.74) is 5.06. The van der Waals surface area contributed by atoms with E-state index in [4.69, 9.17) is 5.73 Å². The number of anilines is 1. The second-order valence-electron chi connectivity index (χ2n) is 3.81. The molecule has 0 amide bonds. The molecular weight excluding hydrogens is 339 g/mol. The molecule has 0 aliphatic carbocycles. The summed E-state index contributed by atoms with van der Waals surface area (Å²) in [6.45, 7) is 0. The second-order valence-corrected chi connectivity index (χ2v) is 5.84. The maximum atomic E-state index is 12.5. The van der Waals surface area contributed by atoms with Crippen LogP contribution in [0.25, 0.3) is 0 Å². The molecule has 0 heterocycles. The Morgan fingerprint density at radius 1 is 1.00 bits per heavy atom. The van der Waals surface area contributed by atoms with Gasteiger partial charge >= 0.3 is 6.18 Å². The predicted molar refractivity (Wildman–Crippen MR) is 74.1 cm³/mol. The molecular formula is C13H9BrF3NS. The van der Waals surface area contributed by atoms with E-state index in [1.807, 2.05) is 24.3 Å². The fourth-order valence-corrected chi connectivity index (χ4v) is 2.55. The smallest absolute Gasteiger partial charge is 0.398 e. The van der Waals surface area contributed by atoms with Crippen LogP contribution in [0, 0.1) is 0 Å². The van der Waals surface area contributed by atoms with Gasteiger partial charge in [-0.05, 0) is 42.5 Å². The number of rotatable bonds is 2. The van der Waals surface area contributed by atoms with Crippen LogP contribution in [0.2, 0.25) is 0 Å². The highest BCUT2D eigenvalue weighted by molar-refractivity contribution is 9.10. The first-order valence-electron chi connectivity index (χ1n) is 5.26. The number of hydrogen-bond donors (Lipinski definition) is 1. The molecule has 0 spiro atoms. The molecule has 19 heavy (non-hydrogen) atoms. The van der Waals surface area contributed by atoms with E-state index in [1.54, 1.807) is 0 Å². The molecule has 0 unspecified atom stereocenters. The zero-order chi connectivity index (χ0) is 14.0. The fourth-order valence-electron chi connectivity index (χ4n) is 1.45. The van der Waals surface area contributed by atoms with Crippen LogP contribution in [0.15, 0.2) is 56.7 Å². The molecule has 0 saturated carbocycles. The Balaban J connectivity index is 2.24. The SMILES string of the molecule is Nc1cc(C(F)(F)F)ccc1Sc1ccc(Br)cc1. The van der Waals surface area contributed by atoms with Crippen LogP contribution in [0.5, 0.6) is 0 Å². The minimum Gasteiger partial charge on any atom is -0.398 e. The maximum Gasteiger partial charge on any atom is 0.416 e. The van der Waals surface area contributed by atoms with Gasteiger partial charge < -0.3 is 5.73 Å². The summed E-state index contributed by atoms with van der Waals surface area (Å²) in [6, 6.07) is 10.9. The lowest BCUT2D eigenvalue weighted by atomic mass is 10.2. The van der Waals surface area contributed by atoms with E-state index in [0.29, 0.717) is 4.90 Å². The third kappa shape index (κ3) is 3.67. The largest absolute Gasteiger partial charge is 0.416 e. The standard InChI is InChI=1S/C13H9BrF3NS/c14-9-2-4-10(5-3-9)19-12-6-1-8(7-11(12)18)13(15,16)17/h1-7H,18H2. The van der Waals surface area contributed by atoms with E-state index in [9.17, 15) is 13.2 Å². The molecule has 2 aromatic carbocycles. The molecule has 100 valence electrons. The van der Waals surface area contributed by atoms with Crippen molar-refractivity contribution in [3.8, 4) is 0 Å². The summed E-state index contributed by atoms with van der Waals surface area (Å²) in [7, 11) is 0. The first kappa shape index (κ1) is 14.3. The van der Waals surface area contributed by atoms with Crippen molar-refractivity contribution in [1.82, 2.24) is 0 Å². The minimum absolute atomic E-state index is 0.128. The van der Waals surface area contributed by atoms with E-state index in [1.165, 1.54) is 17.8 Å². The Labute approximate surface area is 121 Å². The van der Waals surface area contributed by atoms with Crippen LogP contribution < -0.4 is 5.73 Å². The molecule has 0 aliphatic rings. The summed E-state index contributed by atoms with van der Waals surface area (Å²) in [5.74, 6) is 0. The number of nitrogen functional groups attached to an aromatic ring is 1. The Bertz CT molecular complexity index is 581. The lowest BCUT2D eigenvalue weighted by Gasteiger charge is -2.10. The highest BCUT2D eigenvalue weighted by atomic mass is 79.9. The first-order valence-corrected chi connectivity index (χ1v) is 6.87. The second kappa shape index (κ2) is 5.46. The van der Waals surface area contributed by atoms with E-state index < -0.39 is 11.7 Å². The van der Waals surface area contributed by atoms with Crippen molar-refractivity contribution in [2.75, 3.05) is 5.73 Å². The summed E-state index contributed by atoms with van der Waals surface area (Å²) in [4.78, 5) is 1.52. The van der Waals surface area contributed by atoms with Crippen molar-refractivity contribution in [3.63, 3.8) is 0 Å². The molecule has 0 bridgehead atoms. The van der Waals surface area contributed by atoms with Crippen LogP contribution in [0.1, 0.15) is 5.56 Å². The van der Waals surface area contributed by atoms with E-state index in [-0.39, 0.29) is 5.69 Å². The fraction of sp³-hybridized carbons (Fsp3) is 0.0769. The molecule has 0 aliphatic heterocycles. The molecule has 0 fully saturated rings. The number of hydrogen-bond acceptors (Lipinski definition) is 2. The molecule has 0 aromatic heterocycles. The molecule has 0 atom stereocenters. The summed E-state index contributed by atoms with van der Waals surface area (Å²) >= 11 is 4.65. The van der Waals surface area contributed by atoms with Crippen molar-refractivity contribution < 1.29 is 13.2 Å². The summed E-state index contributed by atoms with van der Waals surface area (Å²) in [6.07, 6.45) is -4.37. The number of alkyl halides is 3. The van der Waals surface area contributed by atoms with Crippen LogP contribution in [0.4, 0.5) is 18.9 Å². The summed E-state index contributed by atoms with van der Waals surface area (Å²) in [5, 5.41) is 0. The quantitative estimate of drug-likeness (QED) is 0.755. The lowest BCUT2D eigenvalue weighted by Crippen LogP contribution is -2.05. The van der Waals surface area contributed by atoms with Gasteiger partial charge in [-0.3, -0.25) is 0 Å². The highest BCUT2D eigenvalue weighted by Gasteiger charge is 2.30. The van der Waals surface area contributed by atoms with Gasteiger partial charge in [0.15, 0.2) is 0 Å². The zero-order valence-corrected chi connectivity index (χ0v) is 11.9. The minimum atomic E-state index is -4.37. The highest BCUT2D eigenvalue weighted by Crippen LogP contribution is 2.37. The topological polar surface area (TPSA) is 26.0 Å². The van der Waals surface area contributed by atoms with Crippen molar-refractivity contribution in [2.45, 2.75) is 16.0 Å². The lowest BCUT2D eigenvalue weighted by molar-refractivity contribution is -0.137. The van der Waals surface area contributed by atoms with E-state index >= 15 is 0 Å². The normalized spacial score (nSPS) is 11.6. The Morgan fingerprint density at radius 3 is 2.16 bits per heavy atom. The van der Waals surface area contributed by atoms with Crippen molar-refractivity contribution in [3.05, 3.63) is 52.5 Å². The number of nitrogens with two attached hydrogens (primary N) is 1. The van der Waals surface area contributed by atoms with Crippen molar-refractivity contribution in [2.24, 2.45) is 0 Å². The Morgan fingerprint density at radius 2 is 1.63 bits per heavy atom. The maximum absolute atomic E-state index is 12.5. The zero-order valence-electron chi connectivity index (χ0n) is 9.54.